The third kappa shape index (κ3) is 3.10. The van der Waals surface area contributed by atoms with Gasteiger partial charge in [-0.15, -0.1) is 0 Å². The third-order valence-electron chi connectivity index (χ3n) is 2.41. The second kappa shape index (κ2) is 5.37. The molecule has 5 nitrogen and oxygen atoms in total. The van der Waals surface area contributed by atoms with Crippen molar-refractivity contribution in [3.63, 3.8) is 0 Å². The fraction of sp³-hybridized carbons (Fsp3) is 0.778. The summed E-state index contributed by atoms with van der Waals surface area (Å²) >= 11 is 1.71. The number of thioether (sulfide) groups is 1. The highest BCUT2D eigenvalue weighted by atomic mass is 32.2. The molecule has 1 rings (SSSR count). The van der Waals surface area contributed by atoms with E-state index >= 15 is 0 Å². The molecule has 0 saturated carbocycles. The summed E-state index contributed by atoms with van der Waals surface area (Å²) in [6.07, 6.45) is 0.949. The predicted octanol–water partition coefficient (Wildman–Crippen LogP) is 0.0994. The average Bonchev–Trinajstić information content (AvgIpc) is 2.19. The molecule has 1 saturated heterocycles. The molecule has 0 atom stereocenters. The topological polar surface area (TPSA) is 75.6 Å². The van der Waals surface area contributed by atoms with Gasteiger partial charge in [0.2, 0.25) is 5.91 Å². The SMILES string of the molecule is COCC(=O)NC1(C(=O)O)CCSCC1. The molecule has 0 aromatic rings. The number of amides is 1. The van der Waals surface area contributed by atoms with Gasteiger partial charge in [-0.3, -0.25) is 4.79 Å². The molecule has 15 heavy (non-hydrogen) atoms. The Morgan fingerprint density at radius 1 is 1.47 bits per heavy atom. The van der Waals surface area contributed by atoms with Crippen LogP contribution in [0.5, 0.6) is 0 Å². The highest BCUT2D eigenvalue weighted by molar-refractivity contribution is 7.99. The van der Waals surface area contributed by atoms with E-state index in [1.54, 1.807) is 11.8 Å². The van der Waals surface area contributed by atoms with Crippen LogP contribution in [0, 0.1) is 0 Å². The minimum atomic E-state index is -1.08. The normalized spacial score (nSPS) is 19.5. The lowest BCUT2D eigenvalue weighted by Gasteiger charge is -2.33. The highest BCUT2D eigenvalue weighted by Gasteiger charge is 2.41. The lowest BCUT2D eigenvalue weighted by Crippen LogP contribution is -2.57. The number of hydrogen-bond acceptors (Lipinski definition) is 4. The number of methoxy groups -OCH3 is 1. The molecule has 0 radical (unpaired) electrons. The number of aliphatic carboxylic acids is 1. The molecule has 2 N–H and O–H groups in total. The number of carboxylic acids is 1. The maximum Gasteiger partial charge on any atom is 0.329 e. The van der Waals surface area contributed by atoms with Gasteiger partial charge >= 0.3 is 5.97 Å². The molecule has 0 aliphatic carbocycles. The standard InChI is InChI=1S/C9H15NO4S/c1-14-6-7(11)10-9(8(12)13)2-4-15-5-3-9/h2-6H2,1H3,(H,10,11)(H,12,13). The molecular weight excluding hydrogens is 218 g/mol. The number of ether oxygens (including phenoxy) is 1. The van der Waals surface area contributed by atoms with E-state index in [4.69, 9.17) is 5.11 Å². The quantitative estimate of drug-likeness (QED) is 0.720. The summed E-state index contributed by atoms with van der Waals surface area (Å²) in [5.74, 6) is 0.207. The van der Waals surface area contributed by atoms with Gasteiger partial charge in [0.1, 0.15) is 12.1 Å². The van der Waals surface area contributed by atoms with E-state index in [2.05, 4.69) is 10.1 Å². The zero-order valence-electron chi connectivity index (χ0n) is 8.62. The van der Waals surface area contributed by atoms with Gasteiger partial charge in [-0.05, 0) is 24.3 Å². The highest BCUT2D eigenvalue weighted by Crippen LogP contribution is 2.27. The molecule has 0 unspecified atom stereocenters. The van der Waals surface area contributed by atoms with Gasteiger partial charge in [0.05, 0.1) is 0 Å². The van der Waals surface area contributed by atoms with E-state index in [1.165, 1.54) is 7.11 Å². The van der Waals surface area contributed by atoms with Gasteiger partial charge < -0.3 is 15.2 Å². The Hall–Kier alpha value is -0.750. The summed E-state index contributed by atoms with van der Waals surface area (Å²) in [7, 11) is 1.41. The second-order valence-corrected chi connectivity index (χ2v) is 4.71. The predicted molar refractivity (Wildman–Crippen MR) is 56.9 cm³/mol. The van der Waals surface area contributed by atoms with Crippen molar-refractivity contribution in [1.29, 1.82) is 0 Å². The summed E-state index contributed by atoms with van der Waals surface area (Å²) in [5.41, 5.74) is -1.08. The first kappa shape index (κ1) is 12.3. The molecule has 0 aromatic heterocycles. The van der Waals surface area contributed by atoms with Crippen LogP contribution in [-0.4, -0.2) is 47.7 Å². The third-order valence-corrected chi connectivity index (χ3v) is 3.40. The molecule has 1 fully saturated rings. The molecule has 0 bridgehead atoms. The van der Waals surface area contributed by atoms with E-state index in [-0.39, 0.29) is 12.5 Å². The molecule has 0 aromatic carbocycles. The molecular formula is C9H15NO4S. The van der Waals surface area contributed by atoms with Crippen molar-refractivity contribution in [3.8, 4) is 0 Å². The Bertz CT molecular complexity index is 250. The Morgan fingerprint density at radius 3 is 2.53 bits per heavy atom. The van der Waals surface area contributed by atoms with Gasteiger partial charge in [0, 0.05) is 7.11 Å². The van der Waals surface area contributed by atoms with Crippen LogP contribution in [0.1, 0.15) is 12.8 Å². The molecule has 0 spiro atoms. The molecule has 6 heteroatoms. The van der Waals surface area contributed by atoms with Crippen molar-refractivity contribution in [2.45, 2.75) is 18.4 Å². The minimum absolute atomic E-state index is 0.0951. The number of nitrogens with one attached hydrogen (secondary N) is 1. The summed E-state index contributed by atoms with van der Waals surface area (Å²) in [6, 6.07) is 0. The van der Waals surface area contributed by atoms with Crippen molar-refractivity contribution in [2.24, 2.45) is 0 Å². The maximum absolute atomic E-state index is 11.3. The number of hydrogen-bond donors (Lipinski definition) is 2. The van der Waals surface area contributed by atoms with Gasteiger partial charge in [-0.2, -0.15) is 11.8 Å². The van der Waals surface area contributed by atoms with Gasteiger partial charge in [-0.1, -0.05) is 0 Å². The van der Waals surface area contributed by atoms with Crippen LogP contribution >= 0.6 is 11.8 Å². The lowest BCUT2D eigenvalue weighted by molar-refractivity contribution is -0.148. The first-order chi connectivity index (χ1) is 7.10. The van der Waals surface area contributed by atoms with Gasteiger partial charge in [-0.25, -0.2) is 4.79 Å². The lowest BCUT2D eigenvalue weighted by atomic mass is 9.92. The van der Waals surface area contributed by atoms with Gasteiger partial charge in [0.25, 0.3) is 0 Å². The smallest absolute Gasteiger partial charge is 0.329 e. The zero-order chi connectivity index (χ0) is 11.3. The molecule has 86 valence electrons. The first-order valence-electron chi connectivity index (χ1n) is 4.72. The van der Waals surface area contributed by atoms with Crippen molar-refractivity contribution >= 4 is 23.6 Å². The number of carbonyl (C=O) groups excluding carboxylic acids is 1. The van der Waals surface area contributed by atoms with E-state index in [0.29, 0.717) is 12.8 Å². The fourth-order valence-corrected chi connectivity index (χ4v) is 2.74. The second-order valence-electron chi connectivity index (χ2n) is 3.48. The minimum Gasteiger partial charge on any atom is -0.480 e. The molecule has 1 aliphatic rings. The van der Waals surface area contributed by atoms with Crippen molar-refractivity contribution in [2.75, 3.05) is 25.2 Å². The Morgan fingerprint density at radius 2 is 2.07 bits per heavy atom. The van der Waals surface area contributed by atoms with E-state index in [9.17, 15) is 9.59 Å². The fourth-order valence-electron chi connectivity index (χ4n) is 1.55. The van der Waals surface area contributed by atoms with Crippen molar-refractivity contribution in [3.05, 3.63) is 0 Å². The Balaban J connectivity index is 2.64. The van der Waals surface area contributed by atoms with Crippen LogP contribution in [0.2, 0.25) is 0 Å². The summed E-state index contributed by atoms with van der Waals surface area (Å²) in [5, 5.41) is 11.7. The average molecular weight is 233 g/mol. The Kier molecular flexibility index (Phi) is 4.41. The largest absolute Gasteiger partial charge is 0.480 e. The van der Waals surface area contributed by atoms with E-state index < -0.39 is 11.5 Å². The van der Waals surface area contributed by atoms with Crippen LogP contribution in [0.25, 0.3) is 0 Å². The summed E-state index contributed by atoms with van der Waals surface area (Å²) < 4.78 is 4.66. The Labute approximate surface area is 92.6 Å². The number of rotatable bonds is 4. The van der Waals surface area contributed by atoms with Crippen LogP contribution < -0.4 is 5.32 Å². The van der Waals surface area contributed by atoms with Crippen molar-refractivity contribution in [1.82, 2.24) is 5.32 Å². The maximum atomic E-state index is 11.3. The zero-order valence-corrected chi connectivity index (χ0v) is 9.43. The van der Waals surface area contributed by atoms with Crippen molar-refractivity contribution < 1.29 is 19.4 Å². The number of carboxylic acid groups (broad SMARTS) is 1. The molecule has 1 heterocycles. The van der Waals surface area contributed by atoms with Crippen LogP contribution in [-0.2, 0) is 14.3 Å². The number of carbonyl (C=O) groups is 2. The van der Waals surface area contributed by atoms with E-state index in [1.807, 2.05) is 0 Å². The van der Waals surface area contributed by atoms with E-state index in [0.717, 1.165) is 11.5 Å². The molecule has 1 amide bonds. The van der Waals surface area contributed by atoms with Crippen LogP contribution in [0.4, 0.5) is 0 Å². The van der Waals surface area contributed by atoms with Crippen LogP contribution in [0.3, 0.4) is 0 Å². The van der Waals surface area contributed by atoms with Crippen LogP contribution in [0.15, 0.2) is 0 Å². The first-order valence-corrected chi connectivity index (χ1v) is 5.87. The molecule has 1 aliphatic heterocycles. The van der Waals surface area contributed by atoms with Gasteiger partial charge in [0.15, 0.2) is 0 Å². The summed E-state index contributed by atoms with van der Waals surface area (Å²) in [4.78, 5) is 22.5. The monoisotopic (exact) mass is 233 g/mol. The summed E-state index contributed by atoms with van der Waals surface area (Å²) in [6.45, 7) is -0.0951.